The van der Waals surface area contributed by atoms with Gasteiger partial charge in [0.25, 0.3) is 5.56 Å². The van der Waals surface area contributed by atoms with Gasteiger partial charge in [0.15, 0.2) is 5.76 Å². The van der Waals surface area contributed by atoms with Gasteiger partial charge in [-0.1, -0.05) is 40.2 Å². The molecular formula is C33H25BrN4O5. The van der Waals surface area contributed by atoms with Gasteiger partial charge in [0.2, 0.25) is 5.82 Å². The summed E-state index contributed by atoms with van der Waals surface area (Å²) in [6.45, 7) is 0.203. The lowest BCUT2D eigenvalue weighted by Crippen LogP contribution is -2.20. The number of carboxylic acid groups (broad SMARTS) is 1. The first-order valence-electron chi connectivity index (χ1n) is 13.3. The Morgan fingerprint density at radius 1 is 1.05 bits per heavy atom. The number of halogens is 1. The molecule has 0 aliphatic heterocycles. The third-order valence-corrected chi connectivity index (χ3v) is 7.37. The standard InChI is InChI=1S/C33H25BrN4O5/c1-37(2)25-13-11-22(29(17-25)42-19-20-7-9-21(10-8-20)33(40)41)18-35-38-31(36-27-6-4-3-5-26(27)32(38)39)30-16-23-15-24(34)12-14-28(23)43-30/h3-18H,19H2,1-2H3,(H,40,41). The lowest BCUT2D eigenvalue weighted by atomic mass is 10.1. The second kappa shape index (κ2) is 11.6. The first kappa shape index (κ1) is 27.9. The van der Waals surface area contributed by atoms with Crippen molar-refractivity contribution >= 4 is 55.7 Å². The molecule has 0 atom stereocenters. The number of carbonyl (C=O) groups is 1. The fourth-order valence-corrected chi connectivity index (χ4v) is 4.95. The first-order chi connectivity index (χ1) is 20.8. The molecule has 0 saturated heterocycles. The van der Waals surface area contributed by atoms with Gasteiger partial charge < -0.3 is 19.2 Å². The quantitative estimate of drug-likeness (QED) is 0.183. The molecule has 0 spiro atoms. The second-order valence-electron chi connectivity index (χ2n) is 10.0. The molecular weight excluding hydrogens is 612 g/mol. The summed E-state index contributed by atoms with van der Waals surface area (Å²) in [6, 6.07) is 26.8. The predicted octanol–water partition coefficient (Wildman–Crippen LogP) is 6.80. The van der Waals surface area contributed by atoms with Crippen LogP contribution in [0.5, 0.6) is 5.75 Å². The molecule has 1 N–H and O–H groups in total. The van der Waals surface area contributed by atoms with E-state index in [-0.39, 0.29) is 23.6 Å². The lowest BCUT2D eigenvalue weighted by molar-refractivity contribution is 0.0697. The summed E-state index contributed by atoms with van der Waals surface area (Å²) in [7, 11) is 3.85. The monoisotopic (exact) mass is 636 g/mol. The minimum absolute atomic E-state index is 0.202. The number of rotatable bonds is 8. The van der Waals surface area contributed by atoms with Crippen molar-refractivity contribution in [3.63, 3.8) is 0 Å². The van der Waals surface area contributed by atoms with Crippen LogP contribution in [0.4, 0.5) is 5.69 Å². The molecule has 0 aliphatic rings. The number of hydrogen-bond donors (Lipinski definition) is 1. The van der Waals surface area contributed by atoms with Crippen molar-refractivity contribution in [1.29, 1.82) is 0 Å². The van der Waals surface area contributed by atoms with Crippen molar-refractivity contribution in [3.05, 3.63) is 123 Å². The average Bonchev–Trinajstić information content (AvgIpc) is 3.43. The van der Waals surface area contributed by atoms with Gasteiger partial charge in [-0.3, -0.25) is 4.79 Å². The number of aromatic carboxylic acids is 1. The van der Waals surface area contributed by atoms with Gasteiger partial charge in [0.05, 0.1) is 22.7 Å². The Hall–Kier alpha value is -5.22. The van der Waals surface area contributed by atoms with E-state index >= 15 is 0 Å². The lowest BCUT2D eigenvalue weighted by Gasteiger charge is -2.16. The highest BCUT2D eigenvalue weighted by Gasteiger charge is 2.17. The molecule has 10 heteroatoms. The van der Waals surface area contributed by atoms with Gasteiger partial charge >= 0.3 is 5.97 Å². The van der Waals surface area contributed by atoms with Gasteiger partial charge in [-0.25, -0.2) is 9.78 Å². The number of fused-ring (bicyclic) bond motifs is 2. The van der Waals surface area contributed by atoms with Gasteiger partial charge in [0, 0.05) is 41.3 Å². The van der Waals surface area contributed by atoms with E-state index in [0.29, 0.717) is 33.6 Å². The number of carboxylic acids is 1. The van der Waals surface area contributed by atoms with Gasteiger partial charge in [-0.2, -0.15) is 9.78 Å². The SMILES string of the molecule is CN(C)c1ccc(C=Nn2c(-c3cc4cc(Br)ccc4o3)nc3ccccc3c2=O)c(OCc2ccc(C(=O)O)cc2)c1. The van der Waals surface area contributed by atoms with Gasteiger partial charge in [-0.15, -0.1) is 0 Å². The summed E-state index contributed by atoms with van der Waals surface area (Å²) in [5, 5.41) is 15.1. The van der Waals surface area contributed by atoms with E-state index in [1.807, 2.05) is 67.5 Å². The van der Waals surface area contributed by atoms with Crippen LogP contribution in [0.1, 0.15) is 21.5 Å². The molecule has 0 fully saturated rings. The molecule has 9 nitrogen and oxygen atoms in total. The molecule has 43 heavy (non-hydrogen) atoms. The van der Waals surface area contributed by atoms with Crippen LogP contribution >= 0.6 is 15.9 Å². The number of hydrogen-bond acceptors (Lipinski definition) is 7. The fraction of sp³-hybridized carbons (Fsp3) is 0.0909. The molecule has 0 bridgehead atoms. The van der Waals surface area contributed by atoms with Crippen molar-refractivity contribution in [1.82, 2.24) is 9.66 Å². The normalized spacial score (nSPS) is 11.4. The summed E-state index contributed by atoms with van der Waals surface area (Å²) in [6.07, 6.45) is 1.56. The van der Waals surface area contributed by atoms with Gasteiger partial charge in [0.1, 0.15) is 17.9 Å². The second-order valence-corrected chi connectivity index (χ2v) is 10.9. The molecule has 0 radical (unpaired) electrons. The topological polar surface area (TPSA) is 110 Å². The molecule has 0 unspecified atom stereocenters. The van der Waals surface area contributed by atoms with E-state index in [0.717, 1.165) is 21.1 Å². The Morgan fingerprint density at radius 3 is 2.60 bits per heavy atom. The number of anilines is 1. The minimum Gasteiger partial charge on any atom is -0.488 e. The Labute approximate surface area is 254 Å². The summed E-state index contributed by atoms with van der Waals surface area (Å²) < 4.78 is 14.4. The third-order valence-electron chi connectivity index (χ3n) is 6.87. The Balaban J connectivity index is 1.42. The number of furan rings is 1. The Kier molecular flexibility index (Phi) is 7.52. The van der Waals surface area contributed by atoms with Crippen molar-refractivity contribution in [2.75, 3.05) is 19.0 Å². The fourth-order valence-electron chi connectivity index (χ4n) is 4.57. The minimum atomic E-state index is -0.988. The number of nitrogens with zero attached hydrogens (tertiary/aromatic N) is 4. The molecule has 214 valence electrons. The Bertz CT molecular complexity index is 2080. The van der Waals surface area contributed by atoms with E-state index in [1.165, 1.54) is 16.8 Å². The highest BCUT2D eigenvalue weighted by atomic mass is 79.9. The van der Waals surface area contributed by atoms with Crippen LogP contribution in [0.25, 0.3) is 33.5 Å². The largest absolute Gasteiger partial charge is 0.488 e. The van der Waals surface area contributed by atoms with Crippen molar-refractivity contribution < 1.29 is 19.1 Å². The van der Waals surface area contributed by atoms with Crippen LogP contribution in [-0.4, -0.2) is 41.0 Å². The van der Waals surface area contributed by atoms with E-state index in [1.54, 1.807) is 36.5 Å². The number of para-hydroxylation sites is 1. The number of aromatic nitrogens is 2. The molecule has 6 aromatic rings. The summed E-state index contributed by atoms with van der Waals surface area (Å²) in [5.41, 5.74) is 3.39. The molecule has 2 heterocycles. The Morgan fingerprint density at radius 2 is 1.84 bits per heavy atom. The molecule has 0 amide bonds. The van der Waals surface area contributed by atoms with E-state index in [4.69, 9.17) is 14.1 Å². The van der Waals surface area contributed by atoms with Crippen LogP contribution in [0.3, 0.4) is 0 Å². The summed E-state index contributed by atoms with van der Waals surface area (Å²) >= 11 is 3.49. The van der Waals surface area contributed by atoms with Crippen LogP contribution < -0.4 is 15.2 Å². The van der Waals surface area contributed by atoms with Crippen LogP contribution in [0.2, 0.25) is 0 Å². The zero-order valence-corrected chi connectivity index (χ0v) is 24.8. The number of benzene rings is 4. The smallest absolute Gasteiger partial charge is 0.335 e. The van der Waals surface area contributed by atoms with Crippen molar-refractivity contribution in [2.24, 2.45) is 5.10 Å². The molecule has 6 rings (SSSR count). The third kappa shape index (κ3) is 5.77. The predicted molar refractivity (Wildman–Crippen MR) is 170 cm³/mol. The zero-order valence-electron chi connectivity index (χ0n) is 23.2. The number of ether oxygens (including phenoxy) is 1. The van der Waals surface area contributed by atoms with Gasteiger partial charge in [-0.05, 0) is 66.2 Å². The average molecular weight is 637 g/mol. The van der Waals surface area contributed by atoms with E-state index in [9.17, 15) is 14.7 Å². The van der Waals surface area contributed by atoms with Crippen LogP contribution in [-0.2, 0) is 6.61 Å². The maximum absolute atomic E-state index is 13.7. The van der Waals surface area contributed by atoms with E-state index < -0.39 is 5.97 Å². The maximum Gasteiger partial charge on any atom is 0.335 e. The highest BCUT2D eigenvalue weighted by Crippen LogP contribution is 2.30. The van der Waals surface area contributed by atoms with Crippen LogP contribution in [0.15, 0.2) is 110 Å². The van der Waals surface area contributed by atoms with E-state index in [2.05, 4.69) is 21.0 Å². The van der Waals surface area contributed by atoms with Crippen molar-refractivity contribution in [3.8, 4) is 17.3 Å². The first-order valence-corrected chi connectivity index (χ1v) is 14.1. The molecule has 0 aliphatic carbocycles. The molecule has 2 aromatic heterocycles. The highest BCUT2D eigenvalue weighted by molar-refractivity contribution is 9.10. The zero-order chi connectivity index (χ0) is 30.1. The molecule has 0 saturated carbocycles. The molecule has 4 aromatic carbocycles. The van der Waals surface area contributed by atoms with Crippen LogP contribution in [0, 0.1) is 0 Å². The summed E-state index contributed by atoms with van der Waals surface area (Å²) in [5.74, 6) is 0.211. The maximum atomic E-state index is 13.7. The van der Waals surface area contributed by atoms with Crippen molar-refractivity contribution in [2.45, 2.75) is 6.61 Å². The summed E-state index contributed by atoms with van der Waals surface area (Å²) in [4.78, 5) is 31.6.